The zero-order valence-corrected chi connectivity index (χ0v) is 16.1. The molecule has 1 heterocycles. The zero-order chi connectivity index (χ0) is 18.6. The molecule has 1 amide bonds. The number of anilines is 1. The Labute approximate surface area is 163 Å². The number of aromatic nitrogens is 3. The van der Waals surface area contributed by atoms with Crippen molar-refractivity contribution in [1.29, 1.82) is 0 Å². The fraction of sp³-hybridized carbons (Fsp3) is 0.286. The Kier molecular flexibility index (Phi) is 5.25. The maximum Gasteiger partial charge on any atom is 0.234 e. The van der Waals surface area contributed by atoms with Crippen molar-refractivity contribution in [1.82, 2.24) is 14.8 Å². The highest BCUT2D eigenvalue weighted by molar-refractivity contribution is 7.99. The normalized spacial score (nSPS) is 12.8. The predicted octanol–water partition coefficient (Wildman–Crippen LogP) is 4.18. The monoisotopic (exact) mass is 378 g/mol. The summed E-state index contributed by atoms with van der Waals surface area (Å²) in [5.41, 5.74) is 4.68. The molecule has 0 fully saturated rings. The number of aryl methyl sites for hydroxylation is 2. The van der Waals surface area contributed by atoms with Crippen LogP contribution in [-0.4, -0.2) is 26.4 Å². The number of amides is 1. The van der Waals surface area contributed by atoms with Gasteiger partial charge in [-0.2, -0.15) is 0 Å². The van der Waals surface area contributed by atoms with Crippen molar-refractivity contribution in [3.05, 3.63) is 59.7 Å². The molecule has 0 unspecified atom stereocenters. The highest BCUT2D eigenvalue weighted by atomic mass is 32.2. The first-order valence-corrected chi connectivity index (χ1v) is 10.3. The van der Waals surface area contributed by atoms with Gasteiger partial charge in [0.1, 0.15) is 0 Å². The van der Waals surface area contributed by atoms with Gasteiger partial charge < -0.3 is 9.88 Å². The van der Waals surface area contributed by atoms with Gasteiger partial charge in [-0.25, -0.2) is 0 Å². The number of thioether (sulfide) groups is 1. The molecule has 0 saturated carbocycles. The summed E-state index contributed by atoms with van der Waals surface area (Å²) in [7, 11) is 0. The minimum atomic E-state index is -0.0233. The molecule has 0 spiro atoms. The Hall–Kier alpha value is -2.60. The summed E-state index contributed by atoms with van der Waals surface area (Å²) in [4.78, 5) is 12.4. The number of hydrogen-bond acceptors (Lipinski definition) is 4. The number of hydrogen-bond donors (Lipinski definition) is 1. The lowest BCUT2D eigenvalue weighted by atomic mass is 10.1. The van der Waals surface area contributed by atoms with Gasteiger partial charge in [-0.15, -0.1) is 10.2 Å². The first-order chi connectivity index (χ1) is 13.2. The molecule has 1 aliphatic rings. The summed E-state index contributed by atoms with van der Waals surface area (Å²) in [6.07, 6.45) is 3.46. The fourth-order valence-electron chi connectivity index (χ4n) is 3.46. The zero-order valence-electron chi connectivity index (χ0n) is 15.3. The first-order valence-electron chi connectivity index (χ1n) is 9.27. The molecule has 138 valence electrons. The van der Waals surface area contributed by atoms with E-state index in [-0.39, 0.29) is 5.91 Å². The molecular weight excluding hydrogens is 356 g/mol. The smallest absolute Gasteiger partial charge is 0.234 e. The van der Waals surface area contributed by atoms with Gasteiger partial charge >= 0.3 is 0 Å². The van der Waals surface area contributed by atoms with Crippen LogP contribution < -0.4 is 5.32 Å². The Balaban J connectivity index is 1.41. The van der Waals surface area contributed by atoms with Gasteiger partial charge in [0.25, 0.3) is 0 Å². The fourth-order valence-corrected chi connectivity index (χ4v) is 4.26. The third-order valence-electron chi connectivity index (χ3n) is 4.78. The van der Waals surface area contributed by atoms with E-state index in [2.05, 4.69) is 34.6 Å². The Morgan fingerprint density at radius 1 is 1.11 bits per heavy atom. The van der Waals surface area contributed by atoms with E-state index < -0.39 is 0 Å². The lowest BCUT2D eigenvalue weighted by molar-refractivity contribution is -0.113. The second-order valence-corrected chi connectivity index (χ2v) is 7.53. The molecule has 0 atom stereocenters. The molecule has 0 saturated heterocycles. The molecule has 6 heteroatoms. The summed E-state index contributed by atoms with van der Waals surface area (Å²) in [5, 5.41) is 12.4. The van der Waals surface area contributed by atoms with Gasteiger partial charge in [0.05, 0.1) is 5.75 Å². The Morgan fingerprint density at radius 2 is 1.93 bits per heavy atom. The van der Waals surface area contributed by atoms with Crippen LogP contribution >= 0.6 is 11.8 Å². The number of nitrogens with one attached hydrogen (secondary N) is 1. The van der Waals surface area contributed by atoms with E-state index in [4.69, 9.17) is 0 Å². The van der Waals surface area contributed by atoms with Crippen molar-refractivity contribution < 1.29 is 4.79 Å². The number of fused-ring (bicyclic) bond motifs is 1. The van der Waals surface area contributed by atoms with Gasteiger partial charge in [0.15, 0.2) is 11.0 Å². The van der Waals surface area contributed by atoms with Gasteiger partial charge in [0, 0.05) is 17.8 Å². The third kappa shape index (κ3) is 3.90. The van der Waals surface area contributed by atoms with Crippen LogP contribution in [-0.2, 0) is 24.2 Å². The predicted molar refractivity (Wildman–Crippen MR) is 109 cm³/mol. The summed E-state index contributed by atoms with van der Waals surface area (Å²) in [5.74, 6) is 1.12. The Bertz CT molecular complexity index is 952. The molecule has 3 aromatic rings. The van der Waals surface area contributed by atoms with Crippen LogP contribution in [0.1, 0.15) is 24.5 Å². The van der Waals surface area contributed by atoms with Gasteiger partial charge in [-0.05, 0) is 49.4 Å². The van der Waals surface area contributed by atoms with E-state index in [0.717, 1.165) is 41.6 Å². The van der Waals surface area contributed by atoms with E-state index in [1.54, 1.807) is 0 Å². The SMILES string of the molecule is CCn1c(SCC(=O)Nc2ccc3c(c2)CCC3)nnc1-c1ccccc1. The molecule has 1 aromatic heterocycles. The van der Waals surface area contributed by atoms with Crippen LogP contribution in [0.5, 0.6) is 0 Å². The number of benzene rings is 2. The molecule has 0 radical (unpaired) electrons. The van der Waals surface area contributed by atoms with Gasteiger partial charge in [-0.1, -0.05) is 48.2 Å². The molecule has 4 rings (SSSR count). The van der Waals surface area contributed by atoms with Crippen LogP contribution in [0.2, 0.25) is 0 Å². The summed E-state index contributed by atoms with van der Waals surface area (Å²) in [6, 6.07) is 16.2. The van der Waals surface area contributed by atoms with E-state index in [0.29, 0.717) is 5.75 Å². The van der Waals surface area contributed by atoms with E-state index >= 15 is 0 Å². The van der Waals surface area contributed by atoms with Crippen molar-refractivity contribution >= 4 is 23.4 Å². The number of nitrogens with zero attached hydrogens (tertiary/aromatic N) is 3. The van der Waals surface area contributed by atoms with Crippen molar-refractivity contribution in [2.75, 3.05) is 11.1 Å². The number of rotatable bonds is 6. The minimum absolute atomic E-state index is 0.0233. The van der Waals surface area contributed by atoms with Crippen LogP contribution in [0, 0.1) is 0 Å². The molecule has 0 aliphatic heterocycles. The topological polar surface area (TPSA) is 59.8 Å². The van der Waals surface area contributed by atoms with Crippen molar-refractivity contribution in [2.45, 2.75) is 37.9 Å². The van der Waals surface area contributed by atoms with Crippen molar-refractivity contribution in [3.8, 4) is 11.4 Å². The average molecular weight is 379 g/mol. The standard InChI is InChI=1S/C21H22N4OS/c1-2-25-20(16-7-4-3-5-8-16)23-24-21(25)27-14-19(26)22-18-12-11-15-9-6-10-17(15)13-18/h3-5,7-8,11-13H,2,6,9-10,14H2,1H3,(H,22,26). The molecule has 1 aliphatic carbocycles. The van der Waals surface area contributed by atoms with E-state index in [1.165, 1.54) is 29.3 Å². The lowest BCUT2D eigenvalue weighted by Gasteiger charge is -2.09. The first kappa shape index (κ1) is 17.8. The number of carbonyl (C=O) groups excluding carboxylic acids is 1. The Morgan fingerprint density at radius 3 is 2.74 bits per heavy atom. The maximum absolute atomic E-state index is 12.4. The minimum Gasteiger partial charge on any atom is -0.325 e. The average Bonchev–Trinajstić information content (AvgIpc) is 3.33. The second-order valence-electron chi connectivity index (χ2n) is 6.59. The van der Waals surface area contributed by atoms with E-state index in [1.807, 2.05) is 41.0 Å². The molecule has 2 aromatic carbocycles. The van der Waals surface area contributed by atoms with Crippen LogP contribution in [0.3, 0.4) is 0 Å². The number of carbonyl (C=O) groups is 1. The van der Waals surface area contributed by atoms with Crippen LogP contribution in [0.15, 0.2) is 53.7 Å². The third-order valence-corrected chi connectivity index (χ3v) is 5.75. The molecule has 1 N–H and O–H groups in total. The second kappa shape index (κ2) is 7.96. The van der Waals surface area contributed by atoms with Crippen molar-refractivity contribution in [2.24, 2.45) is 0 Å². The molecular formula is C21H22N4OS. The molecule has 0 bridgehead atoms. The maximum atomic E-state index is 12.4. The van der Waals surface area contributed by atoms with Gasteiger partial charge in [0.2, 0.25) is 5.91 Å². The summed E-state index contributed by atoms with van der Waals surface area (Å²) in [6.45, 7) is 2.82. The highest BCUT2D eigenvalue weighted by Gasteiger charge is 2.15. The van der Waals surface area contributed by atoms with Crippen molar-refractivity contribution in [3.63, 3.8) is 0 Å². The molecule has 27 heavy (non-hydrogen) atoms. The highest BCUT2D eigenvalue weighted by Crippen LogP contribution is 2.26. The largest absolute Gasteiger partial charge is 0.325 e. The van der Waals surface area contributed by atoms with Gasteiger partial charge in [-0.3, -0.25) is 4.79 Å². The summed E-state index contributed by atoms with van der Waals surface area (Å²) >= 11 is 1.42. The van der Waals surface area contributed by atoms with Crippen LogP contribution in [0.4, 0.5) is 5.69 Å². The van der Waals surface area contributed by atoms with E-state index in [9.17, 15) is 4.79 Å². The summed E-state index contributed by atoms with van der Waals surface area (Å²) < 4.78 is 2.04. The lowest BCUT2D eigenvalue weighted by Crippen LogP contribution is -2.14. The quantitative estimate of drug-likeness (QED) is 0.654. The van der Waals surface area contributed by atoms with Crippen LogP contribution in [0.25, 0.3) is 11.4 Å². The molecule has 5 nitrogen and oxygen atoms in total.